The molecule has 1 saturated heterocycles. The minimum Gasteiger partial charge on any atom is -0.382 e. The monoisotopic (exact) mass is 248 g/mol. The molecule has 1 heterocycles. The third-order valence-electron chi connectivity index (χ3n) is 2.53. The van der Waals surface area contributed by atoms with Gasteiger partial charge in [-0.05, 0) is 0 Å². The zero-order chi connectivity index (χ0) is 12.4. The average molecular weight is 248 g/mol. The summed E-state index contributed by atoms with van der Waals surface area (Å²) in [6.07, 6.45) is 0. The second-order valence-electron chi connectivity index (χ2n) is 4.57. The maximum atomic E-state index is 5.52. The van der Waals surface area contributed by atoms with E-state index in [1.54, 1.807) is 7.11 Å². The number of hydrogen-bond donors (Lipinski definition) is 0. The van der Waals surface area contributed by atoms with Gasteiger partial charge >= 0.3 is 0 Å². The molecule has 0 unspecified atom stereocenters. The van der Waals surface area contributed by atoms with Crippen LogP contribution in [0.1, 0.15) is 6.92 Å². The topological polar surface area (TPSA) is 46.2 Å². The Morgan fingerprint density at radius 1 is 0.882 bits per heavy atom. The highest BCUT2D eigenvalue weighted by Gasteiger charge is 2.33. The highest BCUT2D eigenvalue weighted by atomic mass is 16.6. The molecule has 1 aliphatic rings. The Morgan fingerprint density at radius 3 is 1.88 bits per heavy atom. The van der Waals surface area contributed by atoms with E-state index in [0.29, 0.717) is 39.6 Å². The summed E-state index contributed by atoms with van der Waals surface area (Å²) in [4.78, 5) is 0. The lowest BCUT2D eigenvalue weighted by Gasteiger charge is -2.37. The van der Waals surface area contributed by atoms with Gasteiger partial charge in [-0.15, -0.1) is 0 Å². The summed E-state index contributed by atoms with van der Waals surface area (Å²) in [5, 5.41) is 0. The molecular weight excluding hydrogens is 224 g/mol. The molecule has 0 aromatic rings. The van der Waals surface area contributed by atoms with Crippen LogP contribution in [0, 0.1) is 5.41 Å². The summed E-state index contributed by atoms with van der Waals surface area (Å²) < 4.78 is 26.1. The van der Waals surface area contributed by atoms with Crippen LogP contribution in [0.2, 0.25) is 0 Å². The van der Waals surface area contributed by atoms with Crippen molar-refractivity contribution in [2.45, 2.75) is 6.92 Å². The van der Waals surface area contributed by atoms with Crippen molar-refractivity contribution >= 4 is 0 Å². The number of hydrogen-bond acceptors (Lipinski definition) is 5. The summed E-state index contributed by atoms with van der Waals surface area (Å²) in [6, 6.07) is 0. The van der Waals surface area contributed by atoms with E-state index < -0.39 is 0 Å². The average Bonchev–Trinajstić information content (AvgIpc) is 2.29. The predicted octanol–water partition coefficient (Wildman–Crippen LogP) is 0.719. The van der Waals surface area contributed by atoms with E-state index in [9.17, 15) is 0 Å². The molecule has 102 valence electrons. The molecular formula is C12H24O5. The molecule has 0 aliphatic carbocycles. The van der Waals surface area contributed by atoms with Gasteiger partial charge in [0, 0.05) is 12.5 Å². The molecule has 1 aliphatic heterocycles. The lowest BCUT2D eigenvalue weighted by Crippen LogP contribution is -2.43. The van der Waals surface area contributed by atoms with Crippen LogP contribution in [0.5, 0.6) is 0 Å². The summed E-state index contributed by atoms with van der Waals surface area (Å²) in [7, 11) is 1.66. The fourth-order valence-electron chi connectivity index (χ4n) is 1.43. The Hall–Kier alpha value is -0.200. The third kappa shape index (κ3) is 6.95. The summed E-state index contributed by atoms with van der Waals surface area (Å²) >= 11 is 0. The van der Waals surface area contributed by atoms with Crippen molar-refractivity contribution in [3.8, 4) is 0 Å². The molecule has 0 atom stereocenters. The van der Waals surface area contributed by atoms with E-state index >= 15 is 0 Å². The first-order valence-corrected chi connectivity index (χ1v) is 6.07. The van der Waals surface area contributed by atoms with Gasteiger partial charge in [-0.1, -0.05) is 6.92 Å². The van der Waals surface area contributed by atoms with Crippen LogP contribution >= 0.6 is 0 Å². The van der Waals surface area contributed by atoms with E-state index in [1.807, 2.05) is 0 Å². The van der Waals surface area contributed by atoms with Crippen molar-refractivity contribution in [2.24, 2.45) is 5.41 Å². The molecule has 0 aromatic heterocycles. The number of methoxy groups -OCH3 is 1. The van der Waals surface area contributed by atoms with E-state index in [1.165, 1.54) is 0 Å². The molecule has 0 aromatic carbocycles. The highest BCUT2D eigenvalue weighted by Crippen LogP contribution is 2.26. The second-order valence-corrected chi connectivity index (χ2v) is 4.57. The molecule has 0 saturated carbocycles. The summed E-state index contributed by atoms with van der Waals surface area (Å²) in [5.41, 5.74) is 0.225. The molecule has 0 N–H and O–H groups in total. The first kappa shape index (κ1) is 14.9. The van der Waals surface area contributed by atoms with Crippen LogP contribution in [0.4, 0.5) is 0 Å². The van der Waals surface area contributed by atoms with Crippen molar-refractivity contribution in [2.75, 3.05) is 66.6 Å². The molecule has 1 fully saturated rings. The van der Waals surface area contributed by atoms with Crippen LogP contribution in [0.25, 0.3) is 0 Å². The van der Waals surface area contributed by atoms with Gasteiger partial charge in [-0.2, -0.15) is 0 Å². The smallest absolute Gasteiger partial charge is 0.0701 e. The van der Waals surface area contributed by atoms with E-state index in [2.05, 4.69) is 6.92 Å². The van der Waals surface area contributed by atoms with Gasteiger partial charge in [-0.3, -0.25) is 0 Å². The van der Waals surface area contributed by atoms with Crippen LogP contribution < -0.4 is 0 Å². The number of ether oxygens (including phenoxy) is 5. The molecule has 5 nitrogen and oxygen atoms in total. The maximum Gasteiger partial charge on any atom is 0.0701 e. The Bertz CT molecular complexity index is 182. The predicted molar refractivity (Wildman–Crippen MR) is 63.3 cm³/mol. The van der Waals surface area contributed by atoms with E-state index in [4.69, 9.17) is 23.7 Å². The normalized spacial score (nSPS) is 18.0. The van der Waals surface area contributed by atoms with Gasteiger partial charge in [0.05, 0.1) is 59.5 Å². The van der Waals surface area contributed by atoms with Crippen LogP contribution in [-0.2, 0) is 23.7 Å². The Kier molecular flexibility index (Phi) is 7.72. The minimum atomic E-state index is 0.225. The third-order valence-corrected chi connectivity index (χ3v) is 2.53. The Morgan fingerprint density at radius 2 is 1.41 bits per heavy atom. The Labute approximate surface area is 103 Å². The van der Waals surface area contributed by atoms with Gasteiger partial charge in [-0.25, -0.2) is 0 Å². The van der Waals surface area contributed by atoms with E-state index in [-0.39, 0.29) is 5.41 Å². The molecule has 17 heavy (non-hydrogen) atoms. The molecule has 0 radical (unpaired) electrons. The van der Waals surface area contributed by atoms with Crippen molar-refractivity contribution in [3.05, 3.63) is 0 Å². The van der Waals surface area contributed by atoms with Gasteiger partial charge in [0.15, 0.2) is 0 Å². The second kappa shape index (κ2) is 8.83. The van der Waals surface area contributed by atoms with Crippen LogP contribution in [0.15, 0.2) is 0 Å². The number of rotatable bonds is 11. The summed E-state index contributed by atoms with van der Waals surface area (Å²) in [6.45, 7) is 8.24. The quantitative estimate of drug-likeness (QED) is 0.504. The fraction of sp³-hybridized carbons (Fsp3) is 1.00. The SMILES string of the molecule is COCCOCCOCCOCC1(C)COC1. The first-order valence-electron chi connectivity index (χ1n) is 6.07. The zero-order valence-corrected chi connectivity index (χ0v) is 10.9. The van der Waals surface area contributed by atoms with Crippen molar-refractivity contribution < 1.29 is 23.7 Å². The fourth-order valence-corrected chi connectivity index (χ4v) is 1.43. The maximum absolute atomic E-state index is 5.52. The van der Waals surface area contributed by atoms with Gasteiger partial charge in [0.25, 0.3) is 0 Å². The Balaban J connectivity index is 1.72. The van der Waals surface area contributed by atoms with Gasteiger partial charge < -0.3 is 23.7 Å². The summed E-state index contributed by atoms with van der Waals surface area (Å²) in [5.74, 6) is 0. The zero-order valence-electron chi connectivity index (χ0n) is 10.9. The highest BCUT2D eigenvalue weighted by molar-refractivity contribution is 4.79. The van der Waals surface area contributed by atoms with Crippen molar-refractivity contribution in [1.29, 1.82) is 0 Å². The molecule has 0 amide bonds. The van der Waals surface area contributed by atoms with Crippen LogP contribution in [-0.4, -0.2) is 66.6 Å². The lowest BCUT2D eigenvalue weighted by atomic mass is 9.90. The van der Waals surface area contributed by atoms with Gasteiger partial charge in [0.2, 0.25) is 0 Å². The molecule has 0 spiro atoms. The van der Waals surface area contributed by atoms with Crippen LogP contribution in [0.3, 0.4) is 0 Å². The molecule has 0 bridgehead atoms. The molecule has 5 heteroatoms. The van der Waals surface area contributed by atoms with Crippen molar-refractivity contribution in [3.63, 3.8) is 0 Å². The first-order chi connectivity index (χ1) is 8.27. The minimum absolute atomic E-state index is 0.225. The standard InChI is InChI=1S/C12H24O5/c1-12(10-17-11-12)9-16-8-7-15-6-5-14-4-3-13-2/h3-11H2,1-2H3. The largest absolute Gasteiger partial charge is 0.382 e. The van der Waals surface area contributed by atoms with Crippen molar-refractivity contribution in [1.82, 2.24) is 0 Å². The lowest BCUT2D eigenvalue weighted by molar-refractivity contribution is -0.141. The molecule has 1 rings (SSSR count). The van der Waals surface area contributed by atoms with E-state index in [0.717, 1.165) is 19.8 Å². The van der Waals surface area contributed by atoms with Gasteiger partial charge in [0.1, 0.15) is 0 Å².